The molecule has 3 aromatic rings. The molecule has 10 heteroatoms. The van der Waals surface area contributed by atoms with Crippen molar-refractivity contribution in [1.82, 2.24) is 19.6 Å². The summed E-state index contributed by atoms with van der Waals surface area (Å²) in [6.45, 7) is 0.412. The fraction of sp³-hybridized carbons (Fsp3) is 0.350. The van der Waals surface area contributed by atoms with Crippen molar-refractivity contribution in [1.29, 1.82) is 5.26 Å². The molecule has 5 rings (SSSR count). The van der Waals surface area contributed by atoms with E-state index in [4.69, 9.17) is 0 Å². The molecule has 0 spiro atoms. The maximum atomic E-state index is 13.1. The lowest BCUT2D eigenvalue weighted by Gasteiger charge is -2.21. The van der Waals surface area contributed by atoms with Crippen molar-refractivity contribution >= 4 is 17.1 Å². The number of fused-ring (bicyclic) bond motifs is 1. The highest BCUT2D eigenvalue weighted by molar-refractivity contribution is 6.05. The van der Waals surface area contributed by atoms with E-state index >= 15 is 0 Å². The lowest BCUT2D eigenvalue weighted by atomic mass is 9.83. The van der Waals surface area contributed by atoms with Crippen LogP contribution in [0.5, 0.6) is 0 Å². The molecule has 152 valence electrons. The van der Waals surface area contributed by atoms with Crippen molar-refractivity contribution in [2.24, 2.45) is 11.3 Å². The molecular weight excluding hydrogens is 397 g/mol. The van der Waals surface area contributed by atoms with Crippen molar-refractivity contribution in [3.8, 4) is 17.3 Å². The summed E-state index contributed by atoms with van der Waals surface area (Å²) in [6, 6.07) is 6.45. The summed E-state index contributed by atoms with van der Waals surface area (Å²) in [5.74, 6) is -0.119. The zero-order chi connectivity index (χ0) is 21.1. The molecule has 1 atom stereocenters. The van der Waals surface area contributed by atoms with Gasteiger partial charge in [-0.25, -0.2) is 14.5 Å². The van der Waals surface area contributed by atoms with Gasteiger partial charge in [0.15, 0.2) is 0 Å². The van der Waals surface area contributed by atoms with Crippen molar-refractivity contribution in [2.75, 3.05) is 11.4 Å². The third kappa shape index (κ3) is 2.73. The van der Waals surface area contributed by atoms with Gasteiger partial charge in [0.05, 0.1) is 23.0 Å². The van der Waals surface area contributed by atoms with Crippen LogP contribution in [0.1, 0.15) is 25.0 Å². The first kappa shape index (κ1) is 18.5. The maximum Gasteiger partial charge on any atom is 0.433 e. The minimum Gasteiger partial charge on any atom is -0.309 e. The Morgan fingerprint density at radius 3 is 2.73 bits per heavy atom. The van der Waals surface area contributed by atoms with Gasteiger partial charge in [0.1, 0.15) is 17.4 Å². The number of alkyl halides is 3. The third-order valence-corrected chi connectivity index (χ3v) is 5.86. The van der Waals surface area contributed by atoms with Crippen LogP contribution in [0.15, 0.2) is 36.9 Å². The van der Waals surface area contributed by atoms with Crippen LogP contribution >= 0.6 is 0 Å². The predicted octanol–water partition coefficient (Wildman–Crippen LogP) is 3.47. The van der Waals surface area contributed by atoms with Crippen LogP contribution in [-0.4, -0.2) is 32.0 Å². The first-order valence-corrected chi connectivity index (χ1v) is 9.44. The van der Waals surface area contributed by atoms with E-state index in [2.05, 4.69) is 21.1 Å². The predicted molar refractivity (Wildman–Crippen MR) is 99.0 cm³/mol. The zero-order valence-electron chi connectivity index (χ0n) is 15.6. The lowest BCUT2D eigenvalue weighted by molar-refractivity contribution is -0.141. The number of hydrogen-bond donors (Lipinski definition) is 0. The number of aromatic nitrogens is 4. The topological polar surface area (TPSA) is 87.2 Å². The molecular formula is C20H15F3N6O. The third-order valence-electron chi connectivity index (χ3n) is 5.86. The van der Waals surface area contributed by atoms with E-state index in [9.17, 15) is 23.2 Å². The second-order valence-electron chi connectivity index (χ2n) is 7.63. The van der Waals surface area contributed by atoms with Crippen LogP contribution in [0.3, 0.4) is 0 Å². The minimum atomic E-state index is -4.58. The van der Waals surface area contributed by atoms with Crippen molar-refractivity contribution in [3.05, 3.63) is 42.6 Å². The van der Waals surface area contributed by atoms with E-state index in [1.165, 1.54) is 10.7 Å². The molecule has 1 saturated heterocycles. The largest absolute Gasteiger partial charge is 0.433 e. The number of carbonyl (C=O) groups excluding carboxylic acids is 1. The molecule has 1 aliphatic heterocycles. The molecule has 3 aromatic heterocycles. The Morgan fingerprint density at radius 2 is 2.03 bits per heavy atom. The molecule has 0 radical (unpaired) electrons. The maximum absolute atomic E-state index is 13.1. The normalized spacial score (nSPS) is 21.9. The molecule has 0 bridgehead atoms. The quantitative estimate of drug-likeness (QED) is 0.658. The van der Waals surface area contributed by atoms with Crippen LogP contribution < -0.4 is 4.90 Å². The van der Waals surface area contributed by atoms with Gasteiger partial charge in [-0.2, -0.15) is 23.5 Å². The fourth-order valence-electron chi connectivity index (χ4n) is 4.16. The highest BCUT2D eigenvalue weighted by Crippen LogP contribution is 2.52. The number of hydrogen-bond acceptors (Lipinski definition) is 5. The van der Waals surface area contributed by atoms with Gasteiger partial charge in [-0.05, 0) is 43.4 Å². The lowest BCUT2D eigenvalue weighted by Crippen LogP contribution is -2.35. The zero-order valence-corrected chi connectivity index (χ0v) is 15.6. The standard InChI is InChI=1S/C20H15F3N6O/c21-20(22,23)17-8-14(25-11-26-17)12-7-16-15(3-5-27-29(16)9-12)28-6-4-19(10-24,18(28)30)13-1-2-13/h3,5,7-9,11,13H,1-2,4,6H2/t19-/m1/s1. The Balaban J connectivity index is 1.56. The summed E-state index contributed by atoms with van der Waals surface area (Å²) in [4.78, 5) is 22.0. The average Bonchev–Trinajstić information content (AvgIpc) is 3.40. The molecule has 0 aromatic carbocycles. The van der Waals surface area contributed by atoms with Gasteiger partial charge in [-0.3, -0.25) is 4.79 Å². The second kappa shape index (κ2) is 6.26. The molecule has 30 heavy (non-hydrogen) atoms. The number of nitriles is 1. The van der Waals surface area contributed by atoms with Gasteiger partial charge in [-0.15, -0.1) is 0 Å². The fourth-order valence-corrected chi connectivity index (χ4v) is 4.16. The number of amides is 1. The van der Waals surface area contributed by atoms with Crippen LogP contribution in [0, 0.1) is 22.7 Å². The first-order chi connectivity index (χ1) is 14.3. The Hall–Kier alpha value is -3.48. The van der Waals surface area contributed by atoms with E-state index in [1.807, 2.05) is 0 Å². The molecule has 7 nitrogen and oxygen atoms in total. The van der Waals surface area contributed by atoms with Crippen molar-refractivity contribution < 1.29 is 18.0 Å². The highest BCUT2D eigenvalue weighted by Gasteiger charge is 2.57. The molecule has 1 amide bonds. The smallest absolute Gasteiger partial charge is 0.309 e. The van der Waals surface area contributed by atoms with Gasteiger partial charge in [-0.1, -0.05) is 0 Å². The number of rotatable bonds is 3. The van der Waals surface area contributed by atoms with Crippen LogP contribution in [0.2, 0.25) is 0 Å². The molecule has 1 saturated carbocycles. The number of anilines is 1. The Kier molecular flexibility index (Phi) is 3.87. The van der Waals surface area contributed by atoms with Gasteiger partial charge < -0.3 is 4.90 Å². The van der Waals surface area contributed by atoms with E-state index in [0.29, 0.717) is 29.7 Å². The summed E-state index contributed by atoms with van der Waals surface area (Å²) in [7, 11) is 0. The summed E-state index contributed by atoms with van der Waals surface area (Å²) in [5, 5.41) is 13.9. The number of carbonyl (C=O) groups is 1. The summed E-state index contributed by atoms with van der Waals surface area (Å²) >= 11 is 0. The number of nitrogens with zero attached hydrogens (tertiary/aromatic N) is 6. The summed E-state index contributed by atoms with van der Waals surface area (Å²) in [5.41, 5.74) is -0.367. The molecule has 4 heterocycles. The number of halogens is 3. The average molecular weight is 412 g/mol. The molecule has 0 unspecified atom stereocenters. The molecule has 2 aliphatic rings. The van der Waals surface area contributed by atoms with Gasteiger partial charge in [0.25, 0.3) is 0 Å². The minimum absolute atomic E-state index is 0.0991. The van der Waals surface area contributed by atoms with E-state index in [0.717, 1.165) is 25.2 Å². The van der Waals surface area contributed by atoms with Crippen LogP contribution in [-0.2, 0) is 11.0 Å². The van der Waals surface area contributed by atoms with Gasteiger partial charge in [0, 0.05) is 24.5 Å². The Labute approximate surface area is 168 Å². The first-order valence-electron chi connectivity index (χ1n) is 9.44. The van der Waals surface area contributed by atoms with E-state index in [1.54, 1.807) is 23.2 Å². The summed E-state index contributed by atoms with van der Waals surface area (Å²) < 4.78 is 40.5. The van der Waals surface area contributed by atoms with E-state index in [-0.39, 0.29) is 17.5 Å². The van der Waals surface area contributed by atoms with Crippen molar-refractivity contribution in [2.45, 2.75) is 25.4 Å². The van der Waals surface area contributed by atoms with E-state index < -0.39 is 17.3 Å². The molecule has 1 aliphatic carbocycles. The summed E-state index contributed by atoms with van der Waals surface area (Å²) in [6.07, 6.45) is 1.59. The van der Waals surface area contributed by atoms with Crippen LogP contribution in [0.4, 0.5) is 18.9 Å². The molecule has 0 N–H and O–H groups in total. The van der Waals surface area contributed by atoms with Crippen LogP contribution in [0.25, 0.3) is 16.8 Å². The molecule has 2 fully saturated rings. The van der Waals surface area contributed by atoms with Crippen molar-refractivity contribution in [3.63, 3.8) is 0 Å². The Morgan fingerprint density at radius 1 is 1.23 bits per heavy atom. The Bertz CT molecular complexity index is 1210. The van der Waals surface area contributed by atoms with Gasteiger partial charge >= 0.3 is 6.18 Å². The monoisotopic (exact) mass is 412 g/mol. The SMILES string of the molecule is N#C[C@@]1(C2CC2)CCN(c2ccnn3cc(-c4cc(C(F)(F)F)ncn4)cc23)C1=O. The van der Waals surface area contributed by atoms with Gasteiger partial charge in [0.2, 0.25) is 5.91 Å². The highest BCUT2D eigenvalue weighted by atomic mass is 19.4. The second-order valence-corrected chi connectivity index (χ2v) is 7.63.